The number of aliphatic imine (C=N–C) groups is 1. The van der Waals surface area contributed by atoms with Gasteiger partial charge >= 0.3 is 11.0 Å². The third-order valence-corrected chi connectivity index (χ3v) is 4.87. The largest absolute Gasteiger partial charge is 0.480 e. The lowest BCUT2D eigenvalue weighted by atomic mass is 10.4. The summed E-state index contributed by atoms with van der Waals surface area (Å²) in [6.45, 7) is 2.12. The summed E-state index contributed by atoms with van der Waals surface area (Å²) in [5.41, 5.74) is -12.4. The van der Waals surface area contributed by atoms with Crippen molar-refractivity contribution in [1.82, 2.24) is 0 Å². The number of halogens is 6. The molecule has 1 unspecified atom stereocenters. The number of nitrogens with zero attached hydrogens (tertiary/aromatic N) is 2. The van der Waals surface area contributed by atoms with Crippen LogP contribution in [0.25, 0.3) is 4.13 Å². The van der Waals surface area contributed by atoms with Crippen LogP contribution >= 0.6 is 0 Å². The van der Waals surface area contributed by atoms with Gasteiger partial charge in [-0.1, -0.05) is 6.92 Å². The molecule has 0 bridgehead atoms. The van der Waals surface area contributed by atoms with Gasteiger partial charge in [0.15, 0.2) is 20.0 Å². The molecule has 0 fully saturated rings. The van der Waals surface area contributed by atoms with E-state index in [-0.39, 0.29) is 0 Å². The van der Waals surface area contributed by atoms with Crippen LogP contribution in [-0.4, -0.2) is 40.7 Å². The van der Waals surface area contributed by atoms with Crippen LogP contribution in [0.15, 0.2) is 17.4 Å². The van der Waals surface area contributed by atoms with Gasteiger partial charge in [0.2, 0.25) is 5.84 Å². The second-order valence-electron chi connectivity index (χ2n) is 3.84. The average molecular weight is 391 g/mol. The SMILES string of the molecule is CCC1=NC=C[NH+]1C.O=S(=O)([N-]S(=O)(=O)C(F)(F)F)C(F)(F)F. The Morgan fingerprint density at radius 2 is 1.43 bits per heavy atom. The summed E-state index contributed by atoms with van der Waals surface area (Å²) in [6, 6.07) is 0. The minimum absolute atomic E-state index is 0.778. The van der Waals surface area contributed by atoms with Gasteiger partial charge in [-0.2, -0.15) is 26.3 Å². The molecule has 7 nitrogen and oxygen atoms in total. The quantitative estimate of drug-likeness (QED) is 0.721. The van der Waals surface area contributed by atoms with Crippen LogP contribution in [0, 0.1) is 0 Å². The number of amidine groups is 1. The van der Waals surface area contributed by atoms with E-state index >= 15 is 0 Å². The molecule has 0 aromatic heterocycles. The Labute approximate surface area is 127 Å². The first-order chi connectivity index (χ1) is 10.0. The van der Waals surface area contributed by atoms with E-state index in [1.54, 1.807) is 0 Å². The third kappa shape index (κ3) is 6.08. The zero-order valence-corrected chi connectivity index (χ0v) is 13.1. The van der Waals surface area contributed by atoms with Gasteiger partial charge in [0.25, 0.3) is 0 Å². The Bertz CT molecular complexity index is 636. The maximum Gasteiger partial charge on any atom is 0.480 e. The van der Waals surface area contributed by atoms with Crippen molar-refractivity contribution in [2.24, 2.45) is 4.99 Å². The highest BCUT2D eigenvalue weighted by Crippen LogP contribution is 2.36. The van der Waals surface area contributed by atoms with Gasteiger partial charge < -0.3 is 4.13 Å². The van der Waals surface area contributed by atoms with Crippen molar-refractivity contribution in [3.8, 4) is 0 Å². The van der Waals surface area contributed by atoms with Crippen LogP contribution in [0.4, 0.5) is 26.3 Å². The van der Waals surface area contributed by atoms with E-state index in [1.807, 2.05) is 12.4 Å². The maximum atomic E-state index is 11.4. The summed E-state index contributed by atoms with van der Waals surface area (Å²) in [7, 11) is -11.4. The molecule has 136 valence electrons. The second kappa shape index (κ2) is 7.14. The number of hydrogen-bond donors (Lipinski definition) is 1. The van der Waals surface area contributed by atoms with E-state index in [2.05, 4.69) is 19.0 Å². The molecule has 0 aliphatic carbocycles. The van der Waals surface area contributed by atoms with Gasteiger partial charge in [0, 0.05) is 6.42 Å². The smallest absolute Gasteiger partial charge is 0.421 e. The number of sulfonamides is 2. The van der Waals surface area contributed by atoms with Gasteiger partial charge in [-0.15, -0.1) is 0 Å². The molecule has 23 heavy (non-hydrogen) atoms. The summed E-state index contributed by atoms with van der Waals surface area (Å²) < 4.78 is 109. The predicted molar refractivity (Wildman–Crippen MR) is 67.1 cm³/mol. The van der Waals surface area contributed by atoms with Crippen LogP contribution < -0.4 is 4.90 Å². The van der Waals surface area contributed by atoms with Gasteiger partial charge in [-0.25, -0.2) is 21.8 Å². The molecule has 0 amide bonds. The zero-order chi connectivity index (χ0) is 18.7. The van der Waals surface area contributed by atoms with Crippen molar-refractivity contribution in [3.63, 3.8) is 0 Å². The molecular weight excluding hydrogens is 380 g/mol. The van der Waals surface area contributed by atoms with Crippen molar-refractivity contribution in [2.75, 3.05) is 7.05 Å². The molecule has 15 heteroatoms. The van der Waals surface area contributed by atoms with Crippen LogP contribution in [0.2, 0.25) is 0 Å². The first-order valence-corrected chi connectivity index (χ1v) is 8.37. The first kappa shape index (κ1) is 21.8. The molecule has 0 spiro atoms. The summed E-state index contributed by atoms with van der Waals surface area (Å²) in [4.78, 5) is 5.45. The molecule has 0 aromatic carbocycles. The Balaban J connectivity index is 0.000000502. The Hall–Kier alpha value is -1.19. The van der Waals surface area contributed by atoms with E-state index < -0.39 is 31.1 Å². The van der Waals surface area contributed by atoms with Crippen LogP contribution in [0.5, 0.6) is 0 Å². The number of quaternary nitrogens is 1. The van der Waals surface area contributed by atoms with E-state index in [0.717, 1.165) is 10.5 Å². The van der Waals surface area contributed by atoms with Gasteiger partial charge in [-0.05, 0) is 0 Å². The fraction of sp³-hybridized carbons (Fsp3) is 0.625. The van der Waals surface area contributed by atoms with Crippen LogP contribution in [0.3, 0.4) is 0 Å². The Morgan fingerprint density at radius 1 is 1.04 bits per heavy atom. The zero-order valence-electron chi connectivity index (χ0n) is 11.5. The lowest BCUT2D eigenvalue weighted by molar-refractivity contribution is -0.719. The van der Waals surface area contributed by atoms with Gasteiger partial charge in [-0.3, -0.25) is 4.90 Å². The van der Waals surface area contributed by atoms with Crippen molar-refractivity contribution < 1.29 is 48.1 Å². The van der Waals surface area contributed by atoms with Gasteiger partial charge in [0.1, 0.15) is 6.20 Å². The minimum Gasteiger partial charge on any atom is -0.421 e. The Morgan fingerprint density at radius 3 is 1.61 bits per heavy atom. The first-order valence-electron chi connectivity index (χ1n) is 5.49. The van der Waals surface area contributed by atoms with E-state index in [1.165, 1.54) is 10.7 Å². The fourth-order valence-corrected chi connectivity index (χ4v) is 2.73. The number of rotatable bonds is 3. The second-order valence-corrected chi connectivity index (χ2v) is 7.27. The van der Waals surface area contributed by atoms with Crippen molar-refractivity contribution in [1.29, 1.82) is 0 Å². The molecule has 1 aliphatic rings. The number of alkyl halides is 6. The molecule has 0 aromatic rings. The van der Waals surface area contributed by atoms with Gasteiger partial charge in [0.05, 0.1) is 13.2 Å². The maximum absolute atomic E-state index is 11.4. The standard InChI is InChI=1S/C6H10N2.C2F6NO4S2/c1-3-6-7-4-5-8(6)2;3-1(4,5)14(10,11)9-15(12,13)2(6,7)8/h4-5H,3H2,1-2H3;/q;-1/p+1. The molecule has 0 saturated carbocycles. The molecule has 1 aliphatic heterocycles. The molecule has 1 heterocycles. The lowest BCUT2D eigenvalue weighted by Gasteiger charge is -2.22. The lowest BCUT2D eigenvalue weighted by Crippen LogP contribution is -3.06. The molecular formula is C8H11F6N3O4S2. The van der Waals surface area contributed by atoms with E-state index in [9.17, 15) is 43.2 Å². The molecule has 1 atom stereocenters. The summed E-state index contributed by atoms with van der Waals surface area (Å²) in [5.74, 6) is 1.23. The monoisotopic (exact) mass is 391 g/mol. The number of nitrogens with one attached hydrogen (secondary N) is 1. The number of hydrogen-bond acceptors (Lipinski definition) is 5. The van der Waals surface area contributed by atoms with Crippen LogP contribution in [-0.2, 0) is 20.0 Å². The fourth-order valence-electron chi connectivity index (χ4n) is 1.02. The highest BCUT2D eigenvalue weighted by molar-refractivity contribution is 8.13. The minimum atomic E-state index is -6.72. The van der Waals surface area contributed by atoms with Crippen molar-refractivity contribution in [3.05, 3.63) is 16.5 Å². The highest BCUT2D eigenvalue weighted by Gasteiger charge is 2.46. The highest BCUT2D eigenvalue weighted by atomic mass is 32.3. The summed E-state index contributed by atoms with van der Waals surface area (Å²) in [5, 5.41) is 0. The molecule has 1 N–H and O–H groups in total. The van der Waals surface area contributed by atoms with Crippen molar-refractivity contribution >= 4 is 25.9 Å². The molecule has 0 saturated heterocycles. The van der Waals surface area contributed by atoms with E-state index in [4.69, 9.17) is 0 Å². The van der Waals surface area contributed by atoms with Crippen LogP contribution in [0.1, 0.15) is 13.3 Å². The summed E-state index contributed by atoms with van der Waals surface area (Å²) in [6.07, 6.45) is 4.95. The average Bonchev–Trinajstić information content (AvgIpc) is 2.71. The predicted octanol–water partition coefficient (Wildman–Crippen LogP) is 0.854. The normalized spacial score (nSPS) is 19.1. The molecule has 1 rings (SSSR count). The molecule has 0 radical (unpaired) electrons. The van der Waals surface area contributed by atoms with E-state index in [0.29, 0.717) is 0 Å². The summed E-state index contributed by atoms with van der Waals surface area (Å²) >= 11 is 0. The topological polar surface area (TPSA) is 99.2 Å². The third-order valence-electron chi connectivity index (χ3n) is 2.13. The Kier molecular flexibility index (Phi) is 6.77. The van der Waals surface area contributed by atoms with Crippen molar-refractivity contribution in [2.45, 2.75) is 24.4 Å².